The Morgan fingerprint density at radius 3 is 2.25 bits per heavy atom. The average Bonchev–Trinajstić information content (AvgIpc) is 2.94. The van der Waals surface area contributed by atoms with Crippen molar-refractivity contribution >= 4 is 11.6 Å². The van der Waals surface area contributed by atoms with E-state index in [0.717, 1.165) is 29.7 Å². The zero-order chi connectivity index (χ0) is 24.7. The van der Waals surface area contributed by atoms with Crippen LogP contribution in [0.25, 0.3) is 0 Å². The molecule has 5 heteroatoms. The van der Waals surface area contributed by atoms with Crippen molar-refractivity contribution in [2.24, 2.45) is 0 Å². The number of nitrogens with zero attached hydrogens (tertiary/aromatic N) is 1. The van der Waals surface area contributed by atoms with Crippen LogP contribution in [0.2, 0.25) is 0 Å². The van der Waals surface area contributed by atoms with Crippen LogP contribution in [0.5, 0.6) is 11.5 Å². The summed E-state index contributed by atoms with van der Waals surface area (Å²) in [5.41, 5.74) is 4.81. The maximum Gasteiger partial charge on any atom is 0.258 e. The van der Waals surface area contributed by atoms with Crippen LogP contribution in [0.1, 0.15) is 39.6 Å². The third-order valence-electron chi connectivity index (χ3n) is 6.43. The fourth-order valence-electron chi connectivity index (χ4n) is 4.58. The van der Waals surface area contributed by atoms with E-state index in [9.17, 15) is 4.79 Å². The number of amides is 1. The first kappa shape index (κ1) is 23.5. The number of nitrogens with one attached hydrogen (secondary N) is 1. The molecule has 4 aromatic rings. The number of carbonyl (C=O) groups is 1. The van der Waals surface area contributed by atoms with E-state index in [0.29, 0.717) is 30.2 Å². The number of benzene rings is 4. The Bertz CT molecular complexity index is 1310. The lowest BCUT2D eigenvalue weighted by molar-refractivity contribution is 0.0666. The molecule has 0 radical (unpaired) electrons. The average molecular weight is 479 g/mol. The Morgan fingerprint density at radius 2 is 1.50 bits per heavy atom. The maximum absolute atomic E-state index is 13.5. The zero-order valence-electron chi connectivity index (χ0n) is 20.4. The molecule has 0 aliphatic carbocycles. The van der Waals surface area contributed by atoms with Gasteiger partial charge in [0, 0.05) is 12.2 Å². The van der Waals surface area contributed by atoms with Crippen molar-refractivity contribution in [3.8, 4) is 11.5 Å². The second kappa shape index (κ2) is 11.0. The fraction of sp³-hybridized carbons (Fsp3) is 0.194. The SMILES string of the molecule is COc1cc(C2Nc3ccccc3C(=O)N2Cc2ccccc2)ccc1OCCCc1ccccc1. The van der Waals surface area contributed by atoms with E-state index in [1.807, 2.05) is 83.8 Å². The molecule has 0 aromatic heterocycles. The molecule has 1 atom stereocenters. The standard InChI is InChI=1S/C31H30N2O3/c1-35-29-21-25(18-19-28(29)36-20-10-15-23-11-4-2-5-12-23)30-32-27-17-9-8-16-26(27)31(34)33(30)22-24-13-6-3-7-14-24/h2-9,11-14,16-19,21,30,32H,10,15,20,22H2,1H3. The number of para-hydroxylation sites is 1. The highest BCUT2D eigenvalue weighted by molar-refractivity contribution is 6.01. The molecule has 0 bridgehead atoms. The minimum absolute atomic E-state index is 0.00147. The van der Waals surface area contributed by atoms with E-state index in [2.05, 4.69) is 29.6 Å². The number of hydrogen-bond donors (Lipinski definition) is 1. The van der Waals surface area contributed by atoms with Gasteiger partial charge >= 0.3 is 0 Å². The van der Waals surface area contributed by atoms with E-state index in [1.165, 1.54) is 5.56 Å². The Balaban J connectivity index is 1.36. The number of fused-ring (bicyclic) bond motifs is 1. The first-order valence-corrected chi connectivity index (χ1v) is 12.3. The van der Waals surface area contributed by atoms with Crippen molar-refractivity contribution in [1.82, 2.24) is 4.90 Å². The van der Waals surface area contributed by atoms with Crippen molar-refractivity contribution in [2.75, 3.05) is 19.0 Å². The molecule has 182 valence electrons. The molecule has 1 N–H and O–H groups in total. The first-order valence-electron chi connectivity index (χ1n) is 12.3. The van der Waals surface area contributed by atoms with Gasteiger partial charge in [0.2, 0.25) is 0 Å². The maximum atomic E-state index is 13.5. The number of hydrogen-bond acceptors (Lipinski definition) is 4. The number of methoxy groups -OCH3 is 1. The molecule has 0 fully saturated rings. The highest BCUT2D eigenvalue weighted by Gasteiger charge is 2.33. The van der Waals surface area contributed by atoms with Crippen LogP contribution in [0.3, 0.4) is 0 Å². The second-order valence-corrected chi connectivity index (χ2v) is 8.86. The molecule has 0 saturated carbocycles. The molecule has 36 heavy (non-hydrogen) atoms. The minimum Gasteiger partial charge on any atom is -0.493 e. The smallest absolute Gasteiger partial charge is 0.258 e. The lowest BCUT2D eigenvalue weighted by atomic mass is 10.0. The molecular weight excluding hydrogens is 448 g/mol. The Morgan fingerprint density at radius 1 is 0.806 bits per heavy atom. The van der Waals surface area contributed by atoms with E-state index < -0.39 is 0 Å². The number of anilines is 1. The lowest BCUT2D eigenvalue weighted by Gasteiger charge is -2.38. The van der Waals surface area contributed by atoms with Gasteiger partial charge in [-0.25, -0.2) is 0 Å². The molecule has 1 unspecified atom stereocenters. The van der Waals surface area contributed by atoms with E-state index in [4.69, 9.17) is 9.47 Å². The van der Waals surface area contributed by atoms with Gasteiger partial charge in [-0.05, 0) is 53.8 Å². The lowest BCUT2D eigenvalue weighted by Crippen LogP contribution is -2.42. The highest BCUT2D eigenvalue weighted by Crippen LogP contribution is 2.37. The van der Waals surface area contributed by atoms with E-state index >= 15 is 0 Å². The summed E-state index contributed by atoms with van der Waals surface area (Å²) < 4.78 is 11.8. The van der Waals surface area contributed by atoms with Crippen LogP contribution >= 0.6 is 0 Å². The predicted octanol–water partition coefficient (Wildman–Crippen LogP) is 6.47. The predicted molar refractivity (Wildman–Crippen MR) is 142 cm³/mol. The second-order valence-electron chi connectivity index (χ2n) is 8.86. The van der Waals surface area contributed by atoms with Gasteiger partial charge in [0.25, 0.3) is 5.91 Å². The molecule has 1 aliphatic heterocycles. The summed E-state index contributed by atoms with van der Waals surface area (Å²) in [5.74, 6) is 1.35. The van der Waals surface area contributed by atoms with Crippen LogP contribution < -0.4 is 14.8 Å². The van der Waals surface area contributed by atoms with Gasteiger partial charge in [-0.2, -0.15) is 0 Å². The molecule has 1 heterocycles. The number of rotatable bonds is 9. The number of carbonyl (C=O) groups excluding carboxylic acids is 1. The Hall–Kier alpha value is -4.25. The highest BCUT2D eigenvalue weighted by atomic mass is 16.5. The molecule has 4 aromatic carbocycles. The van der Waals surface area contributed by atoms with E-state index in [-0.39, 0.29) is 12.1 Å². The minimum atomic E-state index is -0.339. The monoisotopic (exact) mass is 478 g/mol. The summed E-state index contributed by atoms with van der Waals surface area (Å²) in [5, 5.41) is 3.56. The van der Waals surface area contributed by atoms with Gasteiger partial charge < -0.3 is 19.7 Å². The molecular formula is C31H30N2O3. The number of ether oxygens (including phenoxy) is 2. The quantitative estimate of drug-likeness (QED) is 0.280. The summed E-state index contributed by atoms with van der Waals surface area (Å²) in [6, 6.07) is 34.0. The summed E-state index contributed by atoms with van der Waals surface area (Å²) in [6.07, 6.45) is 1.53. The van der Waals surface area contributed by atoms with Crippen molar-refractivity contribution < 1.29 is 14.3 Å². The van der Waals surface area contributed by atoms with E-state index in [1.54, 1.807) is 7.11 Å². The van der Waals surface area contributed by atoms with Gasteiger partial charge in [-0.3, -0.25) is 4.79 Å². The molecule has 1 amide bonds. The third-order valence-corrected chi connectivity index (χ3v) is 6.43. The third kappa shape index (κ3) is 5.20. The topological polar surface area (TPSA) is 50.8 Å². The summed E-state index contributed by atoms with van der Waals surface area (Å²) >= 11 is 0. The molecule has 5 rings (SSSR count). The normalized spacial score (nSPS) is 14.6. The zero-order valence-corrected chi connectivity index (χ0v) is 20.4. The van der Waals surface area contributed by atoms with Crippen LogP contribution in [-0.2, 0) is 13.0 Å². The van der Waals surface area contributed by atoms with Crippen molar-refractivity contribution in [3.63, 3.8) is 0 Å². The summed E-state index contributed by atoms with van der Waals surface area (Å²) in [6.45, 7) is 1.09. The van der Waals surface area contributed by atoms with Crippen molar-refractivity contribution in [1.29, 1.82) is 0 Å². The van der Waals surface area contributed by atoms with Crippen LogP contribution in [0, 0.1) is 0 Å². The van der Waals surface area contributed by atoms with Gasteiger partial charge in [0.05, 0.1) is 19.3 Å². The Kier molecular flexibility index (Phi) is 7.17. The molecule has 5 nitrogen and oxygen atoms in total. The fourth-order valence-corrected chi connectivity index (χ4v) is 4.58. The number of aryl methyl sites for hydroxylation is 1. The van der Waals surface area contributed by atoms with Crippen molar-refractivity contribution in [2.45, 2.75) is 25.6 Å². The van der Waals surface area contributed by atoms with Gasteiger partial charge in [-0.1, -0.05) is 78.9 Å². The van der Waals surface area contributed by atoms with Crippen LogP contribution in [-0.4, -0.2) is 24.5 Å². The van der Waals surface area contributed by atoms with Crippen LogP contribution in [0.15, 0.2) is 103 Å². The first-order chi connectivity index (χ1) is 17.7. The van der Waals surface area contributed by atoms with Gasteiger partial charge in [0.15, 0.2) is 11.5 Å². The Labute approximate surface area is 212 Å². The largest absolute Gasteiger partial charge is 0.493 e. The molecule has 1 aliphatic rings. The van der Waals surface area contributed by atoms with Crippen LogP contribution in [0.4, 0.5) is 5.69 Å². The van der Waals surface area contributed by atoms with Crippen molar-refractivity contribution in [3.05, 3.63) is 125 Å². The van der Waals surface area contributed by atoms with Gasteiger partial charge in [-0.15, -0.1) is 0 Å². The summed E-state index contributed by atoms with van der Waals surface area (Å²) in [4.78, 5) is 15.4. The summed E-state index contributed by atoms with van der Waals surface area (Å²) in [7, 11) is 1.65. The molecule has 0 spiro atoms. The van der Waals surface area contributed by atoms with Gasteiger partial charge in [0.1, 0.15) is 6.17 Å². The molecule has 0 saturated heterocycles.